The highest BCUT2D eigenvalue weighted by Crippen LogP contribution is 2.20. The first-order valence-electron chi connectivity index (χ1n) is 5.17. The smallest absolute Gasteiger partial charge is 0.260 e. The predicted octanol–water partition coefficient (Wildman–Crippen LogP) is 2.85. The number of ether oxygens (including phenoxy) is 1. The van der Waals surface area contributed by atoms with Gasteiger partial charge in [-0.3, -0.25) is 10.1 Å². The number of aryl methyl sites for hydroxylation is 1. The minimum Gasteiger partial charge on any atom is -0.497 e. The van der Waals surface area contributed by atoms with Gasteiger partial charge in [0.15, 0.2) is 5.13 Å². The fourth-order valence-corrected chi connectivity index (χ4v) is 2.04. The molecular weight excluding hydrogens is 255 g/mol. The molecule has 0 aliphatic rings. The van der Waals surface area contributed by atoms with Crippen LogP contribution in [0, 0.1) is 12.7 Å². The van der Waals surface area contributed by atoms with Crippen LogP contribution in [0.5, 0.6) is 5.75 Å². The van der Waals surface area contributed by atoms with Gasteiger partial charge in [-0.2, -0.15) is 0 Å². The monoisotopic (exact) mass is 266 g/mol. The van der Waals surface area contributed by atoms with Crippen LogP contribution in [0.2, 0.25) is 0 Å². The van der Waals surface area contributed by atoms with Gasteiger partial charge in [-0.15, -0.1) is 11.3 Å². The van der Waals surface area contributed by atoms with Gasteiger partial charge in [0.05, 0.1) is 12.7 Å². The summed E-state index contributed by atoms with van der Waals surface area (Å²) in [5.74, 6) is -0.779. The summed E-state index contributed by atoms with van der Waals surface area (Å²) in [5.41, 5.74) is -0.0383. The molecule has 0 aliphatic carbocycles. The van der Waals surface area contributed by atoms with Crippen molar-refractivity contribution in [3.8, 4) is 5.75 Å². The number of carbonyl (C=O) groups is 1. The zero-order chi connectivity index (χ0) is 13.1. The lowest BCUT2D eigenvalue weighted by Gasteiger charge is -2.05. The average molecular weight is 266 g/mol. The van der Waals surface area contributed by atoms with Crippen molar-refractivity contribution < 1.29 is 13.9 Å². The molecule has 1 aromatic carbocycles. The summed E-state index contributed by atoms with van der Waals surface area (Å²) in [6.07, 6.45) is 1.64. The van der Waals surface area contributed by atoms with Crippen molar-refractivity contribution in [3.63, 3.8) is 0 Å². The van der Waals surface area contributed by atoms with E-state index in [1.54, 1.807) is 6.20 Å². The van der Waals surface area contributed by atoms with E-state index < -0.39 is 11.7 Å². The normalized spacial score (nSPS) is 10.2. The SMILES string of the molecule is COc1ccc(C(=O)Nc2ncc(C)s2)c(F)c1. The third-order valence-corrected chi connectivity index (χ3v) is 3.09. The van der Waals surface area contributed by atoms with Crippen LogP contribution in [-0.4, -0.2) is 18.0 Å². The van der Waals surface area contributed by atoms with E-state index in [2.05, 4.69) is 10.3 Å². The van der Waals surface area contributed by atoms with Gasteiger partial charge in [0.1, 0.15) is 11.6 Å². The van der Waals surface area contributed by atoms with E-state index in [0.29, 0.717) is 10.9 Å². The topological polar surface area (TPSA) is 51.2 Å². The number of carbonyl (C=O) groups excluding carboxylic acids is 1. The standard InChI is InChI=1S/C12H11FN2O2S/c1-7-6-14-12(18-7)15-11(16)9-4-3-8(17-2)5-10(9)13/h3-6H,1-2H3,(H,14,15,16). The molecule has 1 N–H and O–H groups in total. The Morgan fingerprint density at radius 2 is 2.28 bits per heavy atom. The van der Waals surface area contributed by atoms with Gasteiger partial charge in [0, 0.05) is 17.1 Å². The number of benzene rings is 1. The minimum atomic E-state index is -0.625. The highest BCUT2D eigenvalue weighted by Gasteiger charge is 2.13. The highest BCUT2D eigenvalue weighted by atomic mass is 32.1. The van der Waals surface area contributed by atoms with Crippen molar-refractivity contribution in [2.24, 2.45) is 0 Å². The zero-order valence-electron chi connectivity index (χ0n) is 9.86. The molecule has 2 rings (SSSR count). The number of amides is 1. The number of hydrogen-bond acceptors (Lipinski definition) is 4. The molecule has 0 fully saturated rings. The lowest BCUT2D eigenvalue weighted by atomic mass is 10.2. The maximum absolute atomic E-state index is 13.6. The third-order valence-electron chi connectivity index (χ3n) is 2.26. The van der Waals surface area contributed by atoms with Crippen LogP contribution < -0.4 is 10.1 Å². The van der Waals surface area contributed by atoms with Crippen LogP contribution in [0.1, 0.15) is 15.2 Å². The summed E-state index contributed by atoms with van der Waals surface area (Å²) >= 11 is 1.33. The van der Waals surface area contributed by atoms with Crippen LogP contribution >= 0.6 is 11.3 Å². The maximum Gasteiger partial charge on any atom is 0.260 e. The van der Waals surface area contributed by atoms with E-state index in [1.807, 2.05) is 6.92 Å². The molecule has 94 valence electrons. The number of thiazole rings is 1. The number of halogens is 1. The maximum atomic E-state index is 13.6. The van der Waals surface area contributed by atoms with Gasteiger partial charge >= 0.3 is 0 Å². The number of anilines is 1. The van der Waals surface area contributed by atoms with E-state index in [1.165, 1.54) is 36.6 Å². The van der Waals surface area contributed by atoms with Gasteiger partial charge in [0.25, 0.3) is 5.91 Å². The average Bonchev–Trinajstić information content (AvgIpc) is 2.74. The number of hydrogen-bond donors (Lipinski definition) is 1. The van der Waals surface area contributed by atoms with Crippen molar-refractivity contribution in [1.82, 2.24) is 4.98 Å². The Morgan fingerprint density at radius 1 is 1.50 bits per heavy atom. The van der Waals surface area contributed by atoms with Crippen LogP contribution in [0.15, 0.2) is 24.4 Å². The molecule has 6 heteroatoms. The zero-order valence-corrected chi connectivity index (χ0v) is 10.7. The Labute approximate surface area is 107 Å². The number of aromatic nitrogens is 1. The molecule has 0 radical (unpaired) electrons. The van der Waals surface area contributed by atoms with Crippen molar-refractivity contribution in [2.45, 2.75) is 6.92 Å². The fourth-order valence-electron chi connectivity index (χ4n) is 1.38. The molecule has 1 amide bonds. The Morgan fingerprint density at radius 3 is 2.83 bits per heavy atom. The molecule has 0 spiro atoms. The molecule has 2 aromatic rings. The van der Waals surface area contributed by atoms with Crippen LogP contribution in [-0.2, 0) is 0 Å². The number of methoxy groups -OCH3 is 1. The summed E-state index contributed by atoms with van der Waals surface area (Å²) in [4.78, 5) is 16.8. The summed E-state index contributed by atoms with van der Waals surface area (Å²) in [7, 11) is 1.44. The molecule has 0 unspecified atom stereocenters. The second-order valence-electron chi connectivity index (χ2n) is 3.58. The number of nitrogens with one attached hydrogen (secondary N) is 1. The fraction of sp³-hybridized carbons (Fsp3) is 0.167. The van der Waals surface area contributed by atoms with Gasteiger partial charge in [-0.05, 0) is 19.1 Å². The molecule has 0 saturated carbocycles. The quantitative estimate of drug-likeness (QED) is 0.929. The first kappa shape index (κ1) is 12.5. The molecule has 18 heavy (non-hydrogen) atoms. The van der Waals surface area contributed by atoms with Crippen molar-refractivity contribution in [2.75, 3.05) is 12.4 Å². The molecule has 0 aliphatic heterocycles. The summed E-state index contributed by atoms with van der Waals surface area (Å²) in [5, 5.41) is 3.00. The number of rotatable bonds is 3. The van der Waals surface area contributed by atoms with Crippen molar-refractivity contribution >= 4 is 22.4 Å². The van der Waals surface area contributed by atoms with Crippen LogP contribution in [0.3, 0.4) is 0 Å². The molecule has 4 nitrogen and oxygen atoms in total. The minimum absolute atomic E-state index is 0.0383. The Balaban J connectivity index is 2.18. The van der Waals surface area contributed by atoms with Gasteiger partial charge < -0.3 is 4.74 Å². The molecule has 0 saturated heterocycles. The van der Waals surface area contributed by atoms with E-state index in [4.69, 9.17) is 4.74 Å². The summed E-state index contributed by atoms with van der Waals surface area (Å²) < 4.78 is 18.5. The molecule has 0 bridgehead atoms. The van der Waals surface area contributed by atoms with Crippen LogP contribution in [0.4, 0.5) is 9.52 Å². The Hall–Kier alpha value is -1.95. The molecule has 1 heterocycles. The second kappa shape index (κ2) is 5.14. The highest BCUT2D eigenvalue weighted by molar-refractivity contribution is 7.15. The lowest BCUT2D eigenvalue weighted by molar-refractivity contribution is 0.102. The molecular formula is C12H11FN2O2S. The van der Waals surface area contributed by atoms with Gasteiger partial charge in [-0.25, -0.2) is 9.37 Å². The van der Waals surface area contributed by atoms with Gasteiger partial charge in [-0.1, -0.05) is 0 Å². The van der Waals surface area contributed by atoms with Crippen molar-refractivity contribution in [3.05, 3.63) is 40.7 Å². The van der Waals surface area contributed by atoms with E-state index >= 15 is 0 Å². The summed E-state index contributed by atoms with van der Waals surface area (Å²) in [6, 6.07) is 4.08. The van der Waals surface area contributed by atoms with Gasteiger partial charge in [0.2, 0.25) is 0 Å². The van der Waals surface area contributed by atoms with E-state index in [-0.39, 0.29) is 5.56 Å². The van der Waals surface area contributed by atoms with E-state index in [9.17, 15) is 9.18 Å². The predicted molar refractivity (Wildman–Crippen MR) is 67.8 cm³/mol. The second-order valence-corrected chi connectivity index (χ2v) is 4.81. The summed E-state index contributed by atoms with van der Waals surface area (Å²) in [6.45, 7) is 1.88. The first-order valence-corrected chi connectivity index (χ1v) is 5.99. The Kier molecular flexibility index (Phi) is 3.57. The van der Waals surface area contributed by atoms with Crippen LogP contribution in [0.25, 0.3) is 0 Å². The third kappa shape index (κ3) is 2.65. The Bertz CT molecular complexity index is 583. The lowest BCUT2D eigenvalue weighted by Crippen LogP contribution is -2.13. The molecule has 1 aromatic heterocycles. The first-order chi connectivity index (χ1) is 8.60. The number of nitrogens with zero attached hydrogens (tertiary/aromatic N) is 1. The largest absolute Gasteiger partial charge is 0.497 e. The van der Waals surface area contributed by atoms with E-state index in [0.717, 1.165) is 4.88 Å². The molecule has 0 atom stereocenters. The van der Waals surface area contributed by atoms with Crippen molar-refractivity contribution in [1.29, 1.82) is 0 Å².